The Hall–Kier alpha value is -8.80. The summed E-state index contributed by atoms with van der Waals surface area (Å²) in [5.41, 5.74) is 13.6. The summed E-state index contributed by atoms with van der Waals surface area (Å²) in [6.07, 6.45) is 0. The average molecular weight is 943 g/mol. The number of benzene rings is 12. The molecule has 12 aromatic rings. The number of aliphatic hydroxyl groups excluding tert-OH is 2. The van der Waals surface area contributed by atoms with E-state index in [1.807, 2.05) is 0 Å². The standard InChI is InChI=1S/C69H50O4/c70-33-35-72-67-61(53-29-25-45-13-1-5-17-49(45)37-53)41-57(42-62(67)54-30-26-46-14-2-6-18-50(46)38-54)69(65-23-11-9-21-59(65)60-22-10-12-24-66(60)69)58-43-63(55-31-27-47-15-3-7-19-51(47)39-55)68(73-36-34-71)64(44-58)56-32-28-48-16-4-8-20-52(48)40-56/h1-32,37-44,70-71H,33-36H2. The Balaban J connectivity index is 1.20. The second-order valence-corrected chi connectivity index (χ2v) is 19.0. The molecule has 4 nitrogen and oxygen atoms in total. The molecular formula is C69H50O4. The highest BCUT2D eigenvalue weighted by atomic mass is 16.5. The highest BCUT2D eigenvalue weighted by Crippen LogP contribution is 2.59. The number of hydrogen-bond acceptors (Lipinski definition) is 4. The molecule has 350 valence electrons. The van der Waals surface area contributed by atoms with Gasteiger partial charge in [0.2, 0.25) is 0 Å². The van der Waals surface area contributed by atoms with Crippen molar-refractivity contribution in [2.75, 3.05) is 26.4 Å². The van der Waals surface area contributed by atoms with E-state index in [0.717, 1.165) is 110 Å². The first-order chi connectivity index (χ1) is 36.1. The summed E-state index contributed by atoms with van der Waals surface area (Å²) in [6, 6.07) is 87.6. The van der Waals surface area contributed by atoms with Crippen molar-refractivity contribution in [2.45, 2.75) is 5.41 Å². The van der Waals surface area contributed by atoms with Gasteiger partial charge >= 0.3 is 0 Å². The van der Waals surface area contributed by atoms with Gasteiger partial charge in [0.05, 0.1) is 18.6 Å². The van der Waals surface area contributed by atoms with Crippen LogP contribution in [0.25, 0.3) is 98.7 Å². The van der Waals surface area contributed by atoms with E-state index in [2.05, 4.69) is 243 Å². The molecule has 0 saturated carbocycles. The molecule has 0 aromatic heterocycles. The summed E-state index contributed by atoms with van der Waals surface area (Å²) in [4.78, 5) is 0. The highest BCUT2D eigenvalue weighted by molar-refractivity contribution is 5.98. The van der Waals surface area contributed by atoms with E-state index in [9.17, 15) is 10.2 Å². The number of rotatable bonds is 12. The first-order valence-corrected chi connectivity index (χ1v) is 25.1. The molecule has 1 aliphatic rings. The van der Waals surface area contributed by atoms with Gasteiger partial charge in [0, 0.05) is 22.3 Å². The zero-order valence-electron chi connectivity index (χ0n) is 40.1. The van der Waals surface area contributed by atoms with E-state index < -0.39 is 5.41 Å². The lowest BCUT2D eigenvalue weighted by molar-refractivity contribution is 0.202. The largest absolute Gasteiger partial charge is 0.490 e. The van der Waals surface area contributed by atoms with E-state index in [4.69, 9.17) is 9.47 Å². The smallest absolute Gasteiger partial charge is 0.135 e. The molecule has 0 atom stereocenters. The Labute approximate surface area is 424 Å². The van der Waals surface area contributed by atoms with Crippen LogP contribution in [0.3, 0.4) is 0 Å². The third-order valence-electron chi connectivity index (χ3n) is 14.9. The van der Waals surface area contributed by atoms with Crippen LogP contribution in [-0.2, 0) is 5.41 Å². The molecular weight excluding hydrogens is 893 g/mol. The van der Waals surface area contributed by atoms with Gasteiger partial charge < -0.3 is 19.7 Å². The molecule has 0 amide bonds. The van der Waals surface area contributed by atoms with E-state index >= 15 is 0 Å². The van der Waals surface area contributed by atoms with E-state index in [-0.39, 0.29) is 26.4 Å². The number of ether oxygens (including phenoxy) is 2. The second-order valence-electron chi connectivity index (χ2n) is 19.0. The van der Waals surface area contributed by atoms with Gasteiger partial charge in [-0.3, -0.25) is 0 Å². The SMILES string of the molecule is OCCOc1c(-c2ccc3ccccc3c2)cc(C2(c3cc(-c4ccc5ccccc5c4)c(OCCO)c(-c4ccc5ccccc5c4)c3)c3ccccc3-c3ccccc32)cc1-c1ccc2ccccc2c1. The van der Waals surface area contributed by atoms with Crippen molar-refractivity contribution >= 4 is 43.1 Å². The molecule has 73 heavy (non-hydrogen) atoms. The van der Waals surface area contributed by atoms with Crippen molar-refractivity contribution < 1.29 is 19.7 Å². The van der Waals surface area contributed by atoms with Gasteiger partial charge in [-0.05, 0) is 147 Å². The van der Waals surface area contributed by atoms with Crippen molar-refractivity contribution in [1.29, 1.82) is 0 Å². The molecule has 0 radical (unpaired) electrons. The third-order valence-corrected chi connectivity index (χ3v) is 14.9. The van der Waals surface area contributed by atoms with Gasteiger partial charge in [0.15, 0.2) is 0 Å². The average Bonchev–Trinajstić information content (AvgIpc) is 3.77. The molecule has 0 aliphatic heterocycles. The fourth-order valence-electron chi connectivity index (χ4n) is 11.6. The van der Waals surface area contributed by atoms with Crippen LogP contribution < -0.4 is 9.47 Å². The fourth-order valence-corrected chi connectivity index (χ4v) is 11.6. The quantitative estimate of drug-likeness (QED) is 0.128. The predicted molar refractivity (Wildman–Crippen MR) is 301 cm³/mol. The molecule has 4 heteroatoms. The molecule has 1 aliphatic carbocycles. The Morgan fingerprint density at radius 2 is 0.548 bits per heavy atom. The lowest BCUT2D eigenvalue weighted by Gasteiger charge is -2.36. The minimum absolute atomic E-state index is 0.122. The summed E-state index contributed by atoms with van der Waals surface area (Å²) in [6.45, 7) is -0.0329. The molecule has 12 aromatic carbocycles. The Morgan fingerprint density at radius 1 is 0.274 bits per heavy atom. The molecule has 0 saturated heterocycles. The summed E-state index contributed by atoms with van der Waals surface area (Å²) in [5, 5.41) is 30.0. The molecule has 0 spiro atoms. The minimum atomic E-state index is -0.910. The molecule has 0 heterocycles. The van der Waals surface area contributed by atoms with Crippen molar-refractivity contribution in [3.63, 3.8) is 0 Å². The van der Waals surface area contributed by atoms with Crippen LogP contribution in [0, 0.1) is 0 Å². The highest BCUT2D eigenvalue weighted by Gasteiger charge is 2.47. The van der Waals surface area contributed by atoms with Gasteiger partial charge in [-0.25, -0.2) is 0 Å². The molecule has 0 fully saturated rings. The maximum atomic E-state index is 10.5. The summed E-state index contributed by atoms with van der Waals surface area (Å²) < 4.78 is 13.7. The maximum Gasteiger partial charge on any atom is 0.135 e. The molecule has 2 N–H and O–H groups in total. The van der Waals surface area contributed by atoms with Crippen LogP contribution in [0.1, 0.15) is 22.3 Å². The van der Waals surface area contributed by atoms with Gasteiger partial charge in [0.25, 0.3) is 0 Å². The van der Waals surface area contributed by atoms with Crippen LogP contribution >= 0.6 is 0 Å². The Morgan fingerprint density at radius 3 is 0.849 bits per heavy atom. The zero-order valence-corrected chi connectivity index (χ0v) is 40.1. The predicted octanol–water partition coefficient (Wildman–Crippen LogP) is 16.1. The monoisotopic (exact) mass is 942 g/mol. The van der Waals surface area contributed by atoms with Crippen molar-refractivity contribution in [3.05, 3.63) is 265 Å². The Kier molecular flexibility index (Phi) is 11.1. The lowest BCUT2D eigenvalue weighted by Crippen LogP contribution is -2.29. The van der Waals surface area contributed by atoms with E-state index in [0.29, 0.717) is 11.5 Å². The summed E-state index contributed by atoms with van der Waals surface area (Å²) in [5.74, 6) is 1.42. The molecule has 0 bridgehead atoms. The normalized spacial score (nSPS) is 12.6. The van der Waals surface area contributed by atoms with E-state index in [1.165, 1.54) is 11.1 Å². The number of hydrogen-bond donors (Lipinski definition) is 2. The van der Waals surface area contributed by atoms with Crippen LogP contribution in [0.4, 0.5) is 0 Å². The molecule has 13 rings (SSSR count). The molecule has 0 unspecified atom stereocenters. The Bertz CT molecular complexity index is 3630. The lowest BCUT2D eigenvalue weighted by atomic mass is 9.66. The first kappa shape index (κ1) is 44.2. The number of fused-ring (bicyclic) bond motifs is 7. The zero-order chi connectivity index (χ0) is 48.9. The van der Waals surface area contributed by atoms with Crippen molar-refractivity contribution in [2.24, 2.45) is 0 Å². The van der Waals surface area contributed by atoms with Crippen LogP contribution in [-0.4, -0.2) is 36.6 Å². The summed E-state index contributed by atoms with van der Waals surface area (Å²) >= 11 is 0. The van der Waals surface area contributed by atoms with Gasteiger partial charge in [0.1, 0.15) is 24.7 Å². The van der Waals surface area contributed by atoms with Crippen LogP contribution in [0.15, 0.2) is 243 Å². The van der Waals surface area contributed by atoms with Gasteiger partial charge in [-0.2, -0.15) is 0 Å². The van der Waals surface area contributed by atoms with E-state index in [1.54, 1.807) is 0 Å². The third kappa shape index (κ3) is 7.54. The van der Waals surface area contributed by atoms with Crippen LogP contribution in [0.5, 0.6) is 11.5 Å². The van der Waals surface area contributed by atoms with Crippen molar-refractivity contribution in [1.82, 2.24) is 0 Å². The minimum Gasteiger partial charge on any atom is -0.490 e. The second kappa shape index (κ2) is 18.4. The fraction of sp³-hybridized carbons (Fsp3) is 0.0725. The first-order valence-electron chi connectivity index (χ1n) is 25.1. The maximum absolute atomic E-state index is 10.5. The van der Waals surface area contributed by atoms with Gasteiger partial charge in [-0.1, -0.05) is 194 Å². The summed E-state index contributed by atoms with van der Waals surface area (Å²) in [7, 11) is 0. The number of aliphatic hydroxyl groups is 2. The van der Waals surface area contributed by atoms with Crippen molar-refractivity contribution in [3.8, 4) is 67.1 Å². The van der Waals surface area contributed by atoms with Crippen LogP contribution in [0.2, 0.25) is 0 Å². The topological polar surface area (TPSA) is 58.9 Å². The van der Waals surface area contributed by atoms with Gasteiger partial charge in [-0.15, -0.1) is 0 Å².